The lowest BCUT2D eigenvalue weighted by molar-refractivity contribution is -0.137. The van der Waals surface area contributed by atoms with E-state index in [4.69, 9.17) is 0 Å². The number of fused-ring (bicyclic) bond motifs is 2. The fraction of sp³-hybridized carbons (Fsp3) is 0.520. The minimum absolute atomic E-state index is 0.123. The topological polar surface area (TPSA) is 6.48 Å². The molecule has 2 aromatic carbocycles. The maximum Gasteiger partial charge on any atom is 0.416 e. The van der Waals surface area contributed by atoms with Crippen molar-refractivity contribution in [3.8, 4) is 0 Å². The standard InChI is InChI=1S/C12H14F3N.C11H13F2N.C2H6/c1-2-16-7-3-4-9-5-6-10(8-11(9)16)12(13,14)15;1-14-6-2-3-8-4-5-9(11(12)13)7-10(8)14;1-2/h5-6,8H,2-4,7H2,1H3;4-5,7,11H,2-3,6H2,1H3;1-2H3. The zero-order valence-corrected chi connectivity index (χ0v) is 19.3. The van der Waals surface area contributed by atoms with Crippen LogP contribution in [0.25, 0.3) is 0 Å². The SMILES string of the molecule is CC.CCN1CCCc2ccc(C(F)(F)F)cc21.CN1CCCc2ccc(C(F)F)cc21. The molecule has 4 rings (SSSR count). The van der Waals surface area contributed by atoms with Gasteiger partial charge in [0.05, 0.1) is 5.56 Å². The van der Waals surface area contributed by atoms with Gasteiger partial charge in [-0.25, -0.2) is 8.78 Å². The Hall–Kier alpha value is -2.31. The van der Waals surface area contributed by atoms with Crippen LogP contribution in [0, 0.1) is 0 Å². The van der Waals surface area contributed by atoms with Gasteiger partial charge in [-0.15, -0.1) is 0 Å². The average Bonchev–Trinajstić information content (AvgIpc) is 2.79. The highest BCUT2D eigenvalue weighted by Gasteiger charge is 2.32. The Morgan fingerprint density at radius 3 is 2.06 bits per heavy atom. The van der Waals surface area contributed by atoms with Crippen LogP contribution in [0.1, 0.15) is 62.3 Å². The monoisotopic (exact) mass is 456 g/mol. The molecular weight excluding hydrogens is 423 g/mol. The van der Waals surface area contributed by atoms with Crippen LogP contribution in [0.15, 0.2) is 36.4 Å². The first-order valence-corrected chi connectivity index (χ1v) is 11.3. The second-order valence-electron chi connectivity index (χ2n) is 7.74. The van der Waals surface area contributed by atoms with Crippen molar-refractivity contribution < 1.29 is 22.0 Å². The number of benzene rings is 2. The number of hydrogen-bond donors (Lipinski definition) is 0. The molecule has 2 aliphatic rings. The van der Waals surface area contributed by atoms with Crippen molar-refractivity contribution in [2.45, 2.75) is 59.1 Å². The third-order valence-electron chi connectivity index (χ3n) is 5.72. The van der Waals surface area contributed by atoms with Crippen molar-refractivity contribution in [3.63, 3.8) is 0 Å². The van der Waals surface area contributed by atoms with E-state index in [2.05, 4.69) is 0 Å². The number of rotatable bonds is 2. The molecule has 32 heavy (non-hydrogen) atoms. The Morgan fingerprint density at radius 1 is 0.875 bits per heavy atom. The van der Waals surface area contributed by atoms with Gasteiger partial charge in [0.2, 0.25) is 0 Å². The largest absolute Gasteiger partial charge is 0.416 e. The van der Waals surface area contributed by atoms with E-state index in [1.807, 2.05) is 43.7 Å². The molecule has 0 saturated heterocycles. The van der Waals surface area contributed by atoms with E-state index in [0.29, 0.717) is 0 Å². The molecule has 0 radical (unpaired) electrons. The maximum absolute atomic E-state index is 12.6. The van der Waals surface area contributed by atoms with Gasteiger partial charge in [0, 0.05) is 43.6 Å². The van der Waals surface area contributed by atoms with Gasteiger partial charge in [-0.1, -0.05) is 32.0 Å². The molecule has 0 atom stereocenters. The molecule has 7 heteroatoms. The predicted molar refractivity (Wildman–Crippen MR) is 122 cm³/mol. The molecule has 2 aromatic rings. The van der Waals surface area contributed by atoms with Gasteiger partial charge in [0.15, 0.2) is 0 Å². The van der Waals surface area contributed by atoms with Crippen LogP contribution in [0.5, 0.6) is 0 Å². The number of hydrogen-bond acceptors (Lipinski definition) is 2. The van der Waals surface area contributed by atoms with Crippen molar-refractivity contribution in [1.29, 1.82) is 0 Å². The summed E-state index contributed by atoms with van der Waals surface area (Å²) in [5.41, 5.74) is 3.51. The average molecular weight is 457 g/mol. The highest BCUT2D eigenvalue weighted by Crippen LogP contribution is 2.35. The van der Waals surface area contributed by atoms with Crippen LogP contribution in [0.2, 0.25) is 0 Å². The van der Waals surface area contributed by atoms with Gasteiger partial charge in [-0.2, -0.15) is 13.2 Å². The molecule has 0 bridgehead atoms. The lowest BCUT2D eigenvalue weighted by Gasteiger charge is -2.30. The Balaban J connectivity index is 0.000000212. The fourth-order valence-corrected chi connectivity index (χ4v) is 4.07. The summed E-state index contributed by atoms with van der Waals surface area (Å²) in [5.74, 6) is 0. The van der Waals surface area contributed by atoms with Crippen molar-refractivity contribution in [1.82, 2.24) is 0 Å². The Labute approximate surface area is 188 Å². The molecule has 0 saturated carbocycles. The van der Waals surface area contributed by atoms with E-state index in [9.17, 15) is 22.0 Å². The molecule has 0 aromatic heterocycles. The van der Waals surface area contributed by atoms with Crippen molar-refractivity contribution in [2.24, 2.45) is 0 Å². The lowest BCUT2D eigenvalue weighted by Crippen LogP contribution is -2.29. The third-order valence-corrected chi connectivity index (χ3v) is 5.72. The molecule has 0 fully saturated rings. The van der Waals surface area contributed by atoms with Gasteiger partial charge in [0.25, 0.3) is 6.43 Å². The molecule has 2 nitrogen and oxygen atoms in total. The van der Waals surface area contributed by atoms with Crippen LogP contribution in [0.4, 0.5) is 33.3 Å². The van der Waals surface area contributed by atoms with Crippen LogP contribution < -0.4 is 9.80 Å². The molecule has 178 valence electrons. The lowest BCUT2D eigenvalue weighted by atomic mass is 9.99. The first kappa shape index (κ1) is 25.9. The van der Waals surface area contributed by atoms with Gasteiger partial charge in [-0.3, -0.25) is 0 Å². The Bertz CT molecular complexity index is 864. The smallest absolute Gasteiger partial charge is 0.374 e. The Morgan fingerprint density at radius 2 is 1.47 bits per heavy atom. The Kier molecular flexibility index (Phi) is 9.34. The highest BCUT2D eigenvalue weighted by atomic mass is 19.4. The van der Waals surface area contributed by atoms with E-state index >= 15 is 0 Å². The second kappa shape index (κ2) is 11.5. The summed E-state index contributed by atoms with van der Waals surface area (Å²) in [6.45, 7) is 8.54. The third kappa shape index (κ3) is 6.36. The first-order chi connectivity index (χ1) is 15.2. The molecule has 0 aliphatic carbocycles. The van der Waals surface area contributed by atoms with E-state index < -0.39 is 18.2 Å². The van der Waals surface area contributed by atoms with E-state index in [0.717, 1.165) is 62.3 Å². The summed E-state index contributed by atoms with van der Waals surface area (Å²) in [4.78, 5) is 4.05. The fourth-order valence-electron chi connectivity index (χ4n) is 4.07. The van der Waals surface area contributed by atoms with Crippen molar-refractivity contribution in [3.05, 3.63) is 58.7 Å². The van der Waals surface area contributed by atoms with Crippen LogP contribution in [-0.4, -0.2) is 26.7 Å². The normalized spacial score (nSPS) is 15.2. The van der Waals surface area contributed by atoms with Gasteiger partial charge >= 0.3 is 6.18 Å². The quantitative estimate of drug-likeness (QED) is 0.432. The summed E-state index contributed by atoms with van der Waals surface area (Å²) in [6.07, 6.45) is -2.60. The molecule has 0 N–H and O–H groups in total. The molecule has 0 spiro atoms. The van der Waals surface area contributed by atoms with Crippen molar-refractivity contribution >= 4 is 11.4 Å². The van der Waals surface area contributed by atoms with Crippen LogP contribution >= 0.6 is 0 Å². The molecule has 2 aliphatic heterocycles. The van der Waals surface area contributed by atoms with Crippen LogP contribution in [0.3, 0.4) is 0 Å². The van der Waals surface area contributed by atoms with E-state index in [-0.39, 0.29) is 5.56 Å². The van der Waals surface area contributed by atoms with E-state index in [1.54, 1.807) is 12.1 Å². The second-order valence-corrected chi connectivity index (χ2v) is 7.74. The highest BCUT2D eigenvalue weighted by molar-refractivity contribution is 5.58. The maximum atomic E-state index is 12.6. The number of halogens is 5. The predicted octanol–water partition coefficient (Wildman–Crippen LogP) is 7.51. The number of alkyl halides is 5. The molecule has 2 heterocycles. The summed E-state index contributed by atoms with van der Waals surface area (Å²) in [5, 5.41) is 0. The van der Waals surface area contributed by atoms with E-state index in [1.165, 1.54) is 23.8 Å². The van der Waals surface area contributed by atoms with Crippen molar-refractivity contribution in [2.75, 3.05) is 36.5 Å². The molecule has 0 unspecified atom stereocenters. The summed E-state index contributed by atoms with van der Waals surface area (Å²) in [6, 6.07) is 9.03. The number of nitrogens with zero attached hydrogens (tertiary/aromatic N) is 2. The summed E-state index contributed by atoms with van der Waals surface area (Å²) >= 11 is 0. The zero-order chi connectivity index (χ0) is 23.9. The van der Waals surface area contributed by atoms with Gasteiger partial charge < -0.3 is 9.80 Å². The number of anilines is 2. The molecular formula is C25H33F5N2. The number of aryl methyl sites for hydroxylation is 2. The summed E-state index contributed by atoms with van der Waals surface area (Å²) in [7, 11) is 1.95. The van der Waals surface area contributed by atoms with Gasteiger partial charge in [-0.05, 0) is 61.9 Å². The van der Waals surface area contributed by atoms with Gasteiger partial charge in [0.1, 0.15) is 0 Å². The first-order valence-electron chi connectivity index (χ1n) is 11.3. The minimum atomic E-state index is -4.24. The zero-order valence-electron chi connectivity index (χ0n) is 19.3. The summed E-state index contributed by atoms with van der Waals surface area (Å²) < 4.78 is 62.6. The minimum Gasteiger partial charge on any atom is -0.374 e. The molecule has 0 amide bonds. The van der Waals surface area contributed by atoms with Crippen LogP contribution in [-0.2, 0) is 19.0 Å².